The van der Waals surface area contributed by atoms with Crippen LogP contribution in [-0.4, -0.2) is 29.3 Å². The molecule has 0 spiro atoms. The zero-order chi connectivity index (χ0) is 13.8. The lowest BCUT2D eigenvalue weighted by Gasteiger charge is -2.07. The first-order chi connectivity index (χ1) is 9.11. The number of benzene rings is 1. The van der Waals surface area contributed by atoms with E-state index >= 15 is 0 Å². The molecule has 0 aliphatic rings. The zero-order valence-corrected chi connectivity index (χ0v) is 12.2. The molecule has 19 heavy (non-hydrogen) atoms. The summed E-state index contributed by atoms with van der Waals surface area (Å²) in [5.74, 6) is 0.243. The van der Waals surface area contributed by atoms with Crippen LogP contribution in [0.25, 0.3) is 11.3 Å². The topological polar surface area (TPSA) is 67.0 Å². The maximum Gasteiger partial charge on any atom is 0.254 e. The van der Waals surface area contributed by atoms with Crippen molar-refractivity contribution in [1.82, 2.24) is 10.2 Å². The lowest BCUT2D eigenvalue weighted by Crippen LogP contribution is -2.26. The second-order valence-electron chi connectivity index (χ2n) is 4.01. The fraction of sp³-hybridized carbons (Fsp3) is 0.231. The number of aromatic nitrogens is 2. The van der Waals surface area contributed by atoms with Gasteiger partial charge in [-0.1, -0.05) is 34.1 Å². The van der Waals surface area contributed by atoms with Gasteiger partial charge in [0, 0.05) is 23.2 Å². The number of rotatable bonds is 4. The van der Waals surface area contributed by atoms with Gasteiger partial charge in [0.25, 0.3) is 5.91 Å². The van der Waals surface area contributed by atoms with Gasteiger partial charge in [-0.05, 0) is 13.0 Å². The van der Waals surface area contributed by atoms with E-state index in [0.717, 1.165) is 15.7 Å². The highest BCUT2D eigenvalue weighted by molar-refractivity contribution is 9.10. The number of H-pyrrole nitrogens is 1. The van der Waals surface area contributed by atoms with E-state index in [1.807, 2.05) is 24.3 Å². The minimum Gasteiger partial charge on any atom is -0.372 e. The summed E-state index contributed by atoms with van der Waals surface area (Å²) in [6, 6.07) is 9.56. The van der Waals surface area contributed by atoms with E-state index < -0.39 is 6.10 Å². The number of nitrogens with zero attached hydrogens (tertiary/aromatic N) is 1. The molecular formula is C13H14BrN3O2. The summed E-state index contributed by atoms with van der Waals surface area (Å²) >= 11 is 3.47. The Labute approximate surface area is 119 Å². The number of carbonyl (C=O) groups is 1. The number of ether oxygens (including phenoxy) is 1. The van der Waals surface area contributed by atoms with Gasteiger partial charge in [0.05, 0.1) is 5.69 Å². The highest BCUT2D eigenvalue weighted by Crippen LogP contribution is 2.27. The standard InChI is InChI=1S/C13H14BrN3O2/c1-8(19-2)13(18)15-12-7-11(16-17-12)9-5-3-4-6-10(9)14/h3-8H,1-2H3,(H2,15,16,17,18). The summed E-state index contributed by atoms with van der Waals surface area (Å²) < 4.78 is 5.90. The van der Waals surface area contributed by atoms with Gasteiger partial charge < -0.3 is 10.1 Å². The average molecular weight is 324 g/mol. The van der Waals surface area contributed by atoms with Gasteiger partial charge in [-0.25, -0.2) is 0 Å². The van der Waals surface area contributed by atoms with Crippen molar-refractivity contribution in [3.05, 3.63) is 34.8 Å². The number of aromatic amines is 1. The van der Waals surface area contributed by atoms with Crippen molar-refractivity contribution >= 4 is 27.7 Å². The first-order valence-electron chi connectivity index (χ1n) is 5.75. The number of carbonyl (C=O) groups excluding carboxylic acids is 1. The van der Waals surface area contributed by atoms with Crippen molar-refractivity contribution in [2.75, 3.05) is 12.4 Å². The fourth-order valence-electron chi connectivity index (χ4n) is 1.54. The van der Waals surface area contributed by atoms with Crippen LogP contribution in [0.3, 0.4) is 0 Å². The summed E-state index contributed by atoms with van der Waals surface area (Å²) in [4.78, 5) is 11.7. The van der Waals surface area contributed by atoms with Gasteiger partial charge in [-0.3, -0.25) is 9.89 Å². The number of amides is 1. The lowest BCUT2D eigenvalue weighted by molar-refractivity contribution is -0.124. The average Bonchev–Trinajstić information content (AvgIpc) is 2.86. The number of anilines is 1. The van der Waals surface area contributed by atoms with Gasteiger partial charge in [0.2, 0.25) is 0 Å². The van der Waals surface area contributed by atoms with Crippen LogP contribution in [0.1, 0.15) is 6.92 Å². The predicted octanol–water partition coefficient (Wildman–Crippen LogP) is 2.81. The third-order valence-electron chi connectivity index (χ3n) is 2.72. The molecule has 2 rings (SSSR count). The van der Waals surface area contributed by atoms with Crippen LogP contribution in [0.2, 0.25) is 0 Å². The first kappa shape index (κ1) is 13.8. The van der Waals surface area contributed by atoms with Gasteiger partial charge in [0.1, 0.15) is 6.10 Å². The molecule has 0 radical (unpaired) electrons. The third-order valence-corrected chi connectivity index (χ3v) is 3.41. The number of methoxy groups -OCH3 is 1. The minimum atomic E-state index is -0.511. The lowest BCUT2D eigenvalue weighted by atomic mass is 10.1. The Bertz CT molecular complexity index is 583. The van der Waals surface area contributed by atoms with E-state index in [4.69, 9.17) is 4.74 Å². The molecular weight excluding hydrogens is 310 g/mol. The number of halogens is 1. The molecule has 1 amide bonds. The quantitative estimate of drug-likeness (QED) is 0.909. The molecule has 2 N–H and O–H groups in total. The van der Waals surface area contributed by atoms with Crippen LogP contribution in [0.4, 0.5) is 5.82 Å². The Morgan fingerprint density at radius 3 is 2.89 bits per heavy atom. The Balaban J connectivity index is 2.16. The van der Waals surface area contributed by atoms with Crippen LogP contribution in [0.5, 0.6) is 0 Å². The van der Waals surface area contributed by atoms with Crippen LogP contribution < -0.4 is 5.32 Å². The molecule has 1 heterocycles. The maximum atomic E-state index is 11.7. The van der Waals surface area contributed by atoms with Crippen molar-refractivity contribution in [2.24, 2.45) is 0 Å². The summed E-state index contributed by atoms with van der Waals surface area (Å²) in [5, 5.41) is 9.63. The molecule has 1 aromatic carbocycles. The summed E-state index contributed by atoms with van der Waals surface area (Å²) in [6.07, 6.45) is -0.511. The first-order valence-corrected chi connectivity index (χ1v) is 6.55. The largest absolute Gasteiger partial charge is 0.372 e. The van der Waals surface area contributed by atoms with E-state index in [-0.39, 0.29) is 5.91 Å². The smallest absolute Gasteiger partial charge is 0.254 e. The van der Waals surface area contributed by atoms with E-state index in [1.54, 1.807) is 13.0 Å². The predicted molar refractivity (Wildman–Crippen MR) is 76.8 cm³/mol. The van der Waals surface area contributed by atoms with Crippen molar-refractivity contribution in [3.8, 4) is 11.3 Å². The number of hydrogen-bond donors (Lipinski definition) is 2. The van der Waals surface area contributed by atoms with Crippen LogP contribution >= 0.6 is 15.9 Å². The maximum absolute atomic E-state index is 11.7. The van der Waals surface area contributed by atoms with Gasteiger partial charge in [-0.2, -0.15) is 5.10 Å². The van der Waals surface area contributed by atoms with Crippen LogP contribution in [0.15, 0.2) is 34.8 Å². The third kappa shape index (κ3) is 3.21. The molecule has 1 aromatic heterocycles. The van der Waals surface area contributed by atoms with Gasteiger partial charge in [-0.15, -0.1) is 0 Å². The SMILES string of the molecule is COC(C)C(=O)Nc1cc(-c2ccccc2Br)[nH]n1. The molecule has 0 bridgehead atoms. The molecule has 1 unspecified atom stereocenters. The summed E-state index contributed by atoms with van der Waals surface area (Å²) in [5.41, 5.74) is 1.81. The number of hydrogen-bond acceptors (Lipinski definition) is 3. The van der Waals surface area contributed by atoms with E-state index in [2.05, 4.69) is 31.4 Å². The normalized spacial score (nSPS) is 12.2. The Morgan fingerprint density at radius 1 is 1.47 bits per heavy atom. The molecule has 5 nitrogen and oxygen atoms in total. The van der Waals surface area contributed by atoms with Crippen molar-refractivity contribution in [2.45, 2.75) is 13.0 Å². The molecule has 100 valence electrons. The van der Waals surface area contributed by atoms with Crippen molar-refractivity contribution < 1.29 is 9.53 Å². The zero-order valence-electron chi connectivity index (χ0n) is 10.6. The molecule has 0 fully saturated rings. The second-order valence-corrected chi connectivity index (χ2v) is 4.87. The Kier molecular flexibility index (Phi) is 4.34. The number of nitrogens with one attached hydrogen (secondary N) is 2. The molecule has 1 atom stereocenters. The molecule has 0 saturated heterocycles. The van der Waals surface area contributed by atoms with E-state index in [0.29, 0.717) is 5.82 Å². The van der Waals surface area contributed by atoms with Gasteiger partial charge in [0.15, 0.2) is 5.82 Å². The van der Waals surface area contributed by atoms with Crippen LogP contribution in [0, 0.1) is 0 Å². The molecule has 0 aliphatic carbocycles. The second kappa shape index (κ2) is 5.99. The van der Waals surface area contributed by atoms with Crippen molar-refractivity contribution in [3.63, 3.8) is 0 Å². The molecule has 0 aliphatic heterocycles. The minimum absolute atomic E-state index is 0.229. The molecule has 2 aromatic rings. The van der Waals surface area contributed by atoms with Crippen molar-refractivity contribution in [1.29, 1.82) is 0 Å². The summed E-state index contributed by atoms with van der Waals surface area (Å²) in [7, 11) is 1.49. The van der Waals surface area contributed by atoms with E-state index in [9.17, 15) is 4.79 Å². The molecule has 0 saturated carbocycles. The van der Waals surface area contributed by atoms with Gasteiger partial charge >= 0.3 is 0 Å². The Morgan fingerprint density at radius 2 is 2.21 bits per heavy atom. The monoisotopic (exact) mass is 323 g/mol. The summed E-state index contributed by atoms with van der Waals surface area (Å²) in [6.45, 7) is 1.68. The Hall–Kier alpha value is -1.66. The van der Waals surface area contributed by atoms with E-state index in [1.165, 1.54) is 7.11 Å². The van der Waals surface area contributed by atoms with Crippen LogP contribution in [-0.2, 0) is 9.53 Å². The highest BCUT2D eigenvalue weighted by Gasteiger charge is 2.14. The fourth-order valence-corrected chi connectivity index (χ4v) is 2.04. The molecule has 6 heteroatoms. The highest BCUT2D eigenvalue weighted by atomic mass is 79.9.